The lowest BCUT2D eigenvalue weighted by atomic mass is 10.1. The van der Waals surface area contributed by atoms with Crippen molar-refractivity contribution in [1.82, 2.24) is 29.7 Å². The lowest BCUT2D eigenvalue weighted by Gasteiger charge is -2.04. The van der Waals surface area contributed by atoms with Crippen molar-refractivity contribution in [2.75, 3.05) is 6.54 Å². The molecule has 33 heavy (non-hydrogen) atoms. The van der Waals surface area contributed by atoms with E-state index in [1.54, 1.807) is 4.68 Å². The molecule has 0 aliphatic rings. The lowest BCUT2D eigenvalue weighted by molar-refractivity contribution is 0.0938. The molecule has 0 aliphatic carbocycles. The minimum atomic E-state index is -0.290. The Kier molecular flexibility index (Phi) is 5.40. The zero-order valence-electron chi connectivity index (χ0n) is 18.1. The highest BCUT2D eigenvalue weighted by atomic mass is 16.2. The zero-order chi connectivity index (χ0) is 22.8. The number of rotatable bonds is 7. The molecule has 164 valence electrons. The monoisotopic (exact) mass is 438 g/mol. The summed E-state index contributed by atoms with van der Waals surface area (Å²) < 4.78 is 3.49. The third-order valence-corrected chi connectivity index (χ3v) is 5.56. The largest absolute Gasteiger partial charge is 0.350 e. The molecule has 5 aromatic rings. The van der Waals surface area contributed by atoms with Crippen LogP contribution in [-0.2, 0) is 13.0 Å². The van der Waals surface area contributed by atoms with E-state index in [9.17, 15) is 9.59 Å². The van der Waals surface area contributed by atoms with Gasteiger partial charge < -0.3 is 5.32 Å². The molecule has 0 radical (unpaired) electrons. The maximum absolute atomic E-state index is 12.9. The van der Waals surface area contributed by atoms with Crippen LogP contribution in [0.1, 0.15) is 32.2 Å². The van der Waals surface area contributed by atoms with Crippen LogP contribution < -0.4 is 5.32 Å². The summed E-state index contributed by atoms with van der Waals surface area (Å²) in [5, 5.41) is 16.4. The van der Waals surface area contributed by atoms with Crippen molar-refractivity contribution in [2.24, 2.45) is 0 Å². The number of amides is 1. The van der Waals surface area contributed by atoms with Gasteiger partial charge in [-0.3, -0.25) is 18.7 Å². The Bertz CT molecular complexity index is 1470. The Hall–Kier alpha value is -4.33. The van der Waals surface area contributed by atoms with Crippen LogP contribution in [0.3, 0.4) is 0 Å². The van der Waals surface area contributed by atoms with E-state index in [0.29, 0.717) is 29.6 Å². The average molecular weight is 438 g/mol. The van der Waals surface area contributed by atoms with Gasteiger partial charge in [-0.15, -0.1) is 10.2 Å². The number of nitrogens with one attached hydrogen (secondary N) is 1. The highest BCUT2D eigenvalue weighted by Gasteiger charge is 2.19. The first-order valence-corrected chi connectivity index (χ1v) is 10.7. The fraction of sp³-hybridized carbons (Fsp3) is 0.160. The Morgan fingerprint density at radius 3 is 2.58 bits per heavy atom. The number of carbonyl (C=O) groups excluding carboxylic acids is 2. The number of carbonyl (C=O) groups is 2. The summed E-state index contributed by atoms with van der Waals surface area (Å²) in [6.45, 7) is 2.42. The normalized spacial score (nSPS) is 11.2. The topological polar surface area (TPSA) is 94.2 Å². The van der Waals surface area contributed by atoms with E-state index < -0.39 is 0 Å². The van der Waals surface area contributed by atoms with Crippen molar-refractivity contribution in [3.05, 3.63) is 95.6 Å². The van der Waals surface area contributed by atoms with Gasteiger partial charge in [0.05, 0.1) is 5.52 Å². The minimum absolute atomic E-state index is 0.0581. The van der Waals surface area contributed by atoms with Gasteiger partial charge in [-0.25, -0.2) is 0 Å². The summed E-state index contributed by atoms with van der Waals surface area (Å²) in [6, 6.07) is 20.6. The number of hydrogen-bond donors (Lipinski definition) is 1. The summed E-state index contributed by atoms with van der Waals surface area (Å²) in [5.41, 5.74) is 3.52. The van der Waals surface area contributed by atoms with Crippen molar-refractivity contribution >= 4 is 28.2 Å². The van der Waals surface area contributed by atoms with Gasteiger partial charge in [-0.1, -0.05) is 54.1 Å². The van der Waals surface area contributed by atoms with Gasteiger partial charge in [0.25, 0.3) is 5.91 Å². The molecule has 8 heteroatoms. The lowest BCUT2D eigenvalue weighted by Crippen LogP contribution is -2.27. The molecular weight excluding hydrogens is 416 g/mol. The number of ketones is 1. The minimum Gasteiger partial charge on any atom is -0.350 e. The molecule has 0 saturated carbocycles. The Morgan fingerprint density at radius 2 is 1.73 bits per heavy atom. The van der Waals surface area contributed by atoms with Crippen molar-refractivity contribution < 1.29 is 9.59 Å². The van der Waals surface area contributed by atoms with E-state index >= 15 is 0 Å². The quantitative estimate of drug-likeness (QED) is 0.394. The molecule has 1 amide bonds. The van der Waals surface area contributed by atoms with Gasteiger partial charge in [0.1, 0.15) is 12.4 Å². The Morgan fingerprint density at radius 1 is 0.939 bits per heavy atom. The fourth-order valence-corrected chi connectivity index (χ4v) is 3.82. The summed E-state index contributed by atoms with van der Waals surface area (Å²) in [6.07, 6.45) is 2.42. The molecule has 8 nitrogen and oxygen atoms in total. The second-order valence-corrected chi connectivity index (χ2v) is 7.86. The van der Waals surface area contributed by atoms with Crippen LogP contribution in [0.2, 0.25) is 0 Å². The van der Waals surface area contributed by atoms with E-state index in [0.717, 1.165) is 22.6 Å². The van der Waals surface area contributed by atoms with Crippen LogP contribution in [0, 0.1) is 6.92 Å². The van der Waals surface area contributed by atoms with E-state index in [-0.39, 0.29) is 18.2 Å². The molecule has 1 N–H and O–H groups in total. The number of nitrogens with zero attached hydrogens (tertiary/aromatic N) is 5. The number of para-hydroxylation sites is 1. The van der Waals surface area contributed by atoms with Crippen LogP contribution in [-0.4, -0.2) is 42.6 Å². The fourth-order valence-electron chi connectivity index (χ4n) is 3.82. The molecule has 3 aromatic heterocycles. The van der Waals surface area contributed by atoms with Gasteiger partial charge in [0.15, 0.2) is 17.1 Å². The molecule has 2 aromatic carbocycles. The molecule has 0 bridgehead atoms. The van der Waals surface area contributed by atoms with E-state index in [4.69, 9.17) is 0 Å². The number of hydrogen-bond acceptors (Lipinski definition) is 5. The molecule has 0 unspecified atom stereocenters. The van der Waals surface area contributed by atoms with Crippen molar-refractivity contribution in [1.29, 1.82) is 0 Å². The van der Waals surface area contributed by atoms with Gasteiger partial charge in [0.2, 0.25) is 0 Å². The second-order valence-electron chi connectivity index (χ2n) is 7.86. The van der Waals surface area contributed by atoms with Crippen LogP contribution in [0.5, 0.6) is 0 Å². The van der Waals surface area contributed by atoms with Gasteiger partial charge >= 0.3 is 0 Å². The number of Topliss-reactive ketones (excluding diaryl/α,β-unsaturated/α-hetero) is 1. The van der Waals surface area contributed by atoms with Crippen molar-refractivity contribution in [2.45, 2.75) is 19.9 Å². The highest BCUT2D eigenvalue weighted by molar-refractivity contribution is 6.05. The standard InChI is InChI=1S/C25H22N6O2/c1-17-9-11-18(12-10-17)21(32)16-31-20-7-3-2-6-19(20)24(29-31)25(33)26-14-13-23-28-27-22-8-4-5-15-30(22)23/h2-12,15H,13-14,16H2,1H3,(H,26,33). The molecule has 5 rings (SSSR count). The maximum atomic E-state index is 12.9. The molecule has 0 atom stereocenters. The first-order valence-electron chi connectivity index (χ1n) is 10.7. The van der Waals surface area contributed by atoms with Crippen molar-refractivity contribution in [3.63, 3.8) is 0 Å². The van der Waals surface area contributed by atoms with Gasteiger partial charge in [0, 0.05) is 30.1 Å². The predicted molar refractivity (Wildman–Crippen MR) is 124 cm³/mol. The molecule has 0 spiro atoms. The van der Waals surface area contributed by atoms with Crippen LogP contribution >= 0.6 is 0 Å². The van der Waals surface area contributed by atoms with Crippen molar-refractivity contribution in [3.8, 4) is 0 Å². The number of aromatic nitrogens is 5. The summed E-state index contributed by atoms with van der Waals surface area (Å²) in [4.78, 5) is 25.7. The van der Waals surface area contributed by atoms with Gasteiger partial charge in [-0.2, -0.15) is 5.10 Å². The number of pyridine rings is 1. The van der Waals surface area contributed by atoms with E-state index in [1.807, 2.05) is 84.3 Å². The van der Waals surface area contributed by atoms with Gasteiger partial charge in [-0.05, 0) is 25.1 Å². The third kappa shape index (κ3) is 4.10. The number of aryl methyl sites for hydroxylation is 1. The average Bonchev–Trinajstić information content (AvgIpc) is 3.41. The summed E-state index contributed by atoms with van der Waals surface area (Å²) >= 11 is 0. The molecule has 0 aliphatic heterocycles. The number of benzene rings is 2. The second kappa shape index (κ2) is 8.66. The molecular formula is C25H22N6O2. The van der Waals surface area contributed by atoms with Crippen LogP contribution in [0.15, 0.2) is 72.9 Å². The zero-order valence-corrected chi connectivity index (χ0v) is 18.1. The summed E-state index contributed by atoms with van der Waals surface area (Å²) in [7, 11) is 0. The third-order valence-electron chi connectivity index (χ3n) is 5.56. The Balaban J connectivity index is 1.33. The molecule has 0 fully saturated rings. The highest BCUT2D eigenvalue weighted by Crippen LogP contribution is 2.19. The van der Waals surface area contributed by atoms with E-state index in [2.05, 4.69) is 20.6 Å². The van der Waals surface area contributed by atoms with Crippen LogP contribution in [0.25, 0.3) is 16.6 Å². The SMILES string of the molecule is Cc1ccc(C(=O)Cn2nc(C(=O)NCCc3nnc4ccccn34)c3ccccc32)cc1. The first-order chi connectivity index (χ1) is 16.1. The molecule has 3 heterocycles. The van der Waals surface area contributed by atoms with E-state index in [1.165, 1.54) is 0 Å². The molecule has 0 saturated heterocycles. The predicted octanol–water partition coefficient (Wildman–Crippen LogP) is 3.24. The maximum Gasteiger partial charge on any atom is 0.272 e. The first kappa shape index (κ1) is 20.6. The number of fused-ring (bicyclic) bond motifs is 2. The van der Waals surface area contributed by atoms with Crippen LogP contribution in [0.4, 0.5) is 0 Å². The summed E-state index contributed by atoms with van der Waals surface area (Å²) in [5.74, 6) is 0.417. The smallest absolute Gasteiger partial charge is 0.272 e. The Labute approximate surface area is 189 Å².